The van der Waals surface area contributed by atoms with E-state index in [9.17, 15) is 14.7 Å². The summed E-state index contributed by atoms with van der Waals surface area (Å²) < 4.78 is 2.45. The molecule has 2 heterocycles. The fraction of sp³-hybridized carbons (Fsp3) is 0.353. The number of aromatic nitrogens is 3. The van der Waals surface area contributed by atoms with E-state index in [1.54, 1.807) is 18.3 Å². The fourth-order valence-electron chi connectivity index (χ4n) is 3.63. The summed E-state index contributed by atoms with van der Waals surface area (Å²) in [6.45, 7) is 0. The van der Waals surface area contributed by atoms with E-state index >= 15 is 0 Å². The Hall–Kier alpha value is -1.90. The first-order valence-corrected chi connectivity index (χ1v) is 9.10. The van der Waals surface area contributed by atoms with Gasteiger partial charge >= 0.3 is 5.97 Å². The van der Waals surface area contributed by atoms with Gasteiger partial charge in [-0.25, -0.2) is 9.78 Å². The number of carboxylic acids is 1. The SMILES string of the molecule is O=C(O)c1cc2c(cc1I)[nH]c(=O)c1cnc(C3CCCCC3)n12. The highest BCUT2D eigenvalue weighted by molar-refractivity contribution is 14.1. The van der Waals surface area contributed by atoms with E-state index in [0.717, 1.165) is 18.7 Å². The molecule has 2 N–H and O–H groups in total. The number of rotatable bonds is 2. The highest BCUT2D eigenvalue weighted by Gasteiger charge is 2.22. The summed E-state index contributed by atoms with van der Waals surface area (Å²) in [7, 11) is 0. The summed E-state index contributed by atoms with van der Waals surface area (Å²) in [5, 5.41) is 9.42. The van der Waals surface area contributed by atoms with E-state index in [2.05, 4.69) is 9.97 Å². The van der Waals surface area contributed by atoms with Gasteiger partial charge in [-0.3, -0.25) is 9.20 Å². The zero-order valence-corrected chi connectivity index (χ0v) is 15.0. The maximum atomic E-state index is 12.4. The molecule has 0 spiro atoms. The summed E-state index contributed by atoms with van der Waals surface area (Å²) >= 11 is 1.98. The van der Waals surface area contributed by atoms with Crippen molar-refractivity contribution in [3.8, 4) is 0 Å². The molecule has 1 saturated carbocycles. The van der Waals surface area contributed by atoms with Crippen molar-refractivity contribution in [1.29, 1.82) is 0 Å². The van der Waals surface area contributed by atoms with Crippen LogP contribution in [0.4, 0.5) is 0 Å². The van der Waals surface area contributed by atoms with E-state index in [-0.39, 0.29) is 11.1 Å². The minimum atomic E-state index is -0.972. The molecular formula is C17H16IN3O3. The highest BCUT2D eigenvalue weighted by Crippen LogP contribution is 2.33. The van der Waals surface area contributed by atoms with Crippen molar-refractivity contribution in [2.24, 2.45) is 0 Å². The zero-order chi connectivity index (χ0) is 16.8. The number of imidazole rings is 1. The molecule has 0 atom stereocenters. The summed E-state index contributed by atoms with van der Waals surface area (Å²) in [6.07, 6.45) is 7.29. The third kappa shape index (κ3) is 2.42. The zero-order valence-electron chi connectivity index (χ0n) is 12.9. The van der Waals surface area contributed by atoms with Crippen LogP contribution in [0.1, 0.15) is 54.2 Å². The van der Waals surface area contributed by atoms with Crippen LogP contribution < -0.4 is 5.56 Å². The standard InChI is InChI=1S/C17H16IN3O3/c18-11-7-12-13(6-10(11)17(23)24)21-14(16(22)20-12)8-19-15(21)9-4-2-1-3-5-9/h6-9H,1-5H2,(H,20,22)(H,23,24). The Morgan fingerprint density at radius 3 is 2.71 bits per heavy atom. The molecule has 0 aliphatic heterocycles. The number of carbonyl (C=O) groups is 1. The second-order valence-corrected chi connectivity index (χ2v) is 7.44. The molecule has 1 aromatic carbocycles. The monoisotopic (exact) mass is 437 g/mol. The van der Waals surface area contributed by atoms with Gasteiger partial charge < -0.3 is 10.1 Å². The molecule has 6 nitrogen and oxygen atoms in total. The Morgan fingerprint density at radius 1 is 1.25 bits per heavy atom. The number of fused-ring (bicyclic) bond motifs is 3. The van der Waals surface area contributed by atoms with Crippen molar-refractivity contribution in [3.63, 3.8) is 0 Å². The van der Waals surface area contributed by atoms with E-state index in [0.29, 0.717) is 26.0 Å². The molecular weight excluding hydrogens is 421 g/mol. The number of aromatic amines is 1. The molecule has 0 amide bonds. The topological polar surface area (TPSA) is 87.5 Å². The third-order valence-electron chi connectivity index (χ3n) is 4.80. The molecule has 0 saturated heterocycles. The lowest BCUT2D eigenvalue weighted by Crippen LogP contribution is -2.15. The maximum absolute atomic E-state index is 12.4. The highest BCUT2D eigenvalue weighted by atomic mass is 127. The Labute approximate surface area is 151 Å². The van der Waals surface area contributed by atoms with Crippen molar-refractivity contribution in [1.82, 2.24) is 14.4 Å². The second-order valence-electron chi connectivity index (χ2n) is 6.28. The summed E-state index contributed by atoms with van der Waals surface area (Å²) in [4.78, 5) is 31.2. The van der Waals surface area contributed by atoms with Crippen molar-refractivity contribution < 1.29 is 9.90 Å². The summed E-state index contributed by atoms with van der Waals surface area (Å²) in [5.74, 6) is 0.220. The van der Waals surface area contributed by atoms with Gasteiger partial charge in [0.15, 0.2) is 0 Å². The number of H-pyrrole nitrogens is 1. The second kappa shape index (κ2) is 5.87. The number of nitrogens with one attached hydrogen (secondary N) is 1. The van der Waals surface area contributed by atoms with Gasteiger partial charge in [0.25, 0.3) is 5.56 Å². The van der Waals surface area contributed by atoms with Gasteiger partial charge in [0.1, 0.15) is 11.3 Å². The number of halogens is 1. The number of benzene rings is 1. The average Bonchev–Trinajstić information content (AvgIpc) is 3.01. The predicted octanol–water partition coefficient (Wildman–Crippen LogP) is 3.53. The molecule has 3 aromatic rings. The molecule has 1 aliphatic carbocycles. The van der Waals surface area contributed by atoms with Crippen LogP contribution in [0.2, 0.25) is 0 Å². The predicted molar refractivity (Wildman–Crippen MR) is 98.8 cm³/mol. The fourth-order valence-corrected chi connectivity index (χ4v) is 4.32. The van der Waals surface area contributed by atoms with Crippen molar-refractivity contribution in [2.45, 2.75) is 38.0 Å². The van der Waals surface area contributed by atoms with Crippen LogP contribution in [0, 0.1) is 3.57 Å². The number of hydrogen-bond donors (Lipinski definition) is 2. The summed E-state index contributed by atoms with van der Waals surface area (Å²) in [5.41, 5.74) is 1.84. The molecule has 2 aromatic heterocycles. The Bertz CT molecular complexity index is 1020. The normalized spacial score (nSPS) is 16.0. The van der Waals surface area contributed by atoms with E-state index in [1.165, 1.54) is 19.3 Å². The largest absolute Gasteiger partial charge is 0.478 e. The van der Waals surface area contributed by atoms with Crippen LogP contribution in [0.25, 0.3) is 16.6 Å². The van der Waals surface area contributed by atoms with Crippen molar-refractivity contribution in [3.05, 3.63) is 43.6 Å². The van der Waals surface area contributed by atoms with Crippen LogP contribution in [-0.4, -0.2) is 25.4 Å². The van der Waals surface area contributed by atoms with Gasteiger partial charge in [-0.15, -0.1) is 0 Å². The van der Waals surface area contributed by atoms with Crippen LogP contribution in [0.15, 0.2) is 23.1 Å². The van der Waals surface area contributed by atoms with Crippen molar-refractivity contribution in [2.75, 3.05) is 0 Å². The first-order chi connectivity index (χ1) is 11.6. The molecule has 0 unspecified atom stereocenters. The van der Waals surface area contributed by atoms with Gasteiger partial charge in [0, 0.05) is 9.49 Å². The molecule has 1 aliphatic rings. The molecule has 4 rings (SSSR count). The van der Waals surface area contributed by atoms with Gasteiger partial charge in [-0.2, -0.15) is 0 Å². The molecule has 1 fully saturated rings. The number of carboxylic acid groups (broad SMARTS) is 1. The molecule has 7 heteroatoms. The number of aromatic carboxylic acids is 1. The first kappa shape index (κ1) is 15.6. The minimum absolute atomic E-state index is 0.198. The lowest BCUT2D eigenvalue weighted by atomic mass is 9.89. The maximum Gasteiger partial charge on any atom is 0.336 e. The third-order valence-corrected chi connectivity index (χ3v) is 5.69. The quantitative estimate of drug-likeness (QED) is 0.601. The van der Waals surface area contributed by atoms with Gasteiger partial charge in [-0.05, 0) is 47.6 Å². The number of hydrogen-bond acceptors (Lipinski definition) is 3. The Morgan fingerprint density at radius 2 is 2.00 bits per heavy atom. The van der Waals surface area contributed by atoms with Crippen LogP contribution in [-0.2, 0) is 0 Å². The molecule has 0 bridgehead atoms. The van der Waals surface area contributed by atoms with Crippen molar-refractivity contribution >= 4 is 45.1 Å². The molecule has 24 heavy (non-hydrogen) atoms. The van der Waals surface area contributed by atoms with Crippen LogP contribution in [0.3, 0.4) is 0 Å². The van der Waals surface area contributed by atoms with Gasteiger partial charge in [0.05, 0.1) is 22.8 Å². The summed E-state index contributed by atoms with van der Waals surface area (Å²) in [6, 6.07) is 3.35. The van der Waals surface area contributed by atoms with E-state index < -0.39 is 5.97 Å². The molecule has 0 radical (unpaired) electrons. The lowest BCUT2D eigenvalue weighted by molar-refractivity contribution is 0.0696. The van der Waals surface area contributed by atoms with Crippen LogP contribution in [0.5, 0.6) is 0 Å². The van der Waals surface area contributed by atoms with Gasteiger partial charge in [0.2, 0.25) is 0 Å². The lowest BCUT2D eigenvalue weighted by Gasteiger charge is -2.21. The smallest absolute Gasteiger partial charge is 0.336 e. The number of nitrogens with zero attached hydrogens (tertiary/aromatic N) is 2. The van der Waals surface area contributed by atoms with E-state index in [4.69, 9.17) is 0 Å². The molecule has 124 valence electrons. The van der Waals surface area contributed by atoms with Gasteiger partial charge in [-0.1, -0.05) is 19.3 Å². The Kier molecular flexibility index (Phi) is 3.82. The average molecular weight is 437 g/mol. The Balaban J connectivity index is 2.06. The first-order valence-electron chi connectivity index (χ1n) is 8.02. The van der Waals surface area contributed by atoms with E-state index in [1.807, 2.05) is 27.0 Å². The van der Waals surface area contributed by atoms with Crippen LogP contribution >= 0.6 is 22.6 Å². The minimum Gasteiger partial charge on any atom is -0.478 e.